The Morgan fingerprint density at radius 2 is 0.646 bits per heavy atom. The van der Waals surface area contributed by atoms with E-state index in [1.165, 1.54) is 43.8 Å². The Balaban J connectivity index is 1.07. The molecule has 0 saturated carbocycles. The fourth-order valence-corrected chi connectivity index (χ4v) is 10.7. The first-order chi connectivity index (χ1) is 32.2. The molecule has 14 rings (SSSR count). The molecule has 0 N–H and O–H groups in total. The Kier molecular flexibility index (Phi) is 7.75. The lowest BCUT2D eigenvalue weighted by Crippen LogP contribution is -2.57. The SMILES string of the molecule is c1ccc(-c2cc3c4c(c2)Oc2cc5c(cc2B4c2cc4c6cc(-c7ccccc7)ccc6n(-c6ccccc6)c4cc2O3)c2cc(-c3ccccc3)ccc2n5-c2ccccc2)cc1. The zero-order valence-corrected chi connectivity index (χ0v) is 35.2. The number of ether oxygens (including phenoxy) is 2. The third-order valence-corrected chi connectivity index (χ3v) is 13.6. The van der Waals surface area contributed by atoms with Crippen molar-refractivity contribution >= 4 is 66.7 Å². The molecule has 2 aromatic heterocycles. The maximum absolute atomic E-state index is 7.18. The van der Waals surface area contributed by atoms with Gasteiger partial charge in [0.15, 0.2) is 0 Å². The van der Waals surface area contributed by atoms with Crippen LogP contribution in [0.15, 0.2) is 224 Å². The number of hydrogen-bond donors (Lipinski definition) is 0. The molecule has 10 aromatic carbocycles. The van der Waals surface area contributed by atoms with Crippen LogP contribution in [0.4, 0.5) is 0 Å². The summed E-state index contributed by atoms with van der Waals surface area (Å²) in [7, 11) is 0. The van der Waals surface area contributed by atoms with Gasteiger partial charge in [-0.2, -0.15) is 0 Å². The Hall–Kier alpha value is -8.54. The summed E-state index contributed by atoms with van der Waals surface area (Å²) in [6.07, 6.45) is 0. The molecule has 0 fully saturated rings. The largest absolute Gasteiger partial charge is 0.458 e. The lowest BCUT2D eigenvalue weighted by molar-refractivity contribution is 0.465. The molecule has 0 spiro atoms. The Labute approximate surface area is 375 Å². The Morgan fingerprint density at radius 3 is 1.06 bits per heavy atom. The molecule has 0 bridgehead atoms. The van der Waals surface area contributed by atoms with Gasteiger partial charge in [-0.1, -0.05) is 152 Å². The molecule has 0 aliphatic carbocycles. The van der Waals surface area contributed by atoms with Crippen molar-refractivity contribution < 1.29 is 9.47 Å². The molecule has 5 heteroatoms. The van der Waals surface area contributed by atoms with Gasteiger partial charge in [0, 0.05) is 50.5 Å². The van der Waals surface area contributed by atoms with Gasteiger partial charge < -0.3 is 18.6 Å². The van der Waals surface area contributed by atoms with E-state index in [-0.39, 0.29) is 6.71 Å². The quantitative estimate of drug-likeness (QED) is 0.162. The highest BCUT2D eigenvalue weighted by molar-refractivity contribution is 6.98. The molecular formula is C60H37BN2O2. The monoisotopic (exact) mass is 828 g/mol. The van der Waals surface area contributed by atoms with Crippen molar-refractivity contribution in [3.63, 3.8) is 0 Å². The second-order valence-electron chi connectivity index (χ2n) is 17.2. The van der Waals surface area contributed by atoms with Gasteiger partial charge in [-0.25, -0.2) is 0 Å². The number of hydrogen-bond acceptors (Lipinski definition) is 2. The van der Waals surface area contributed by atoms with Gasteiger partial charge in [0.1, 0.15) is 23.0 Å². The minimum absolute atomic E-state index is 0.161. The first kappa shape index (κ1) is 36.0. The van der Waals surface area contributed by atoms with Gasteiger partial charge in [0.25, 0.3) is 6.71 Å². The average molecular weight is 829 g/mol. The molecule has 302 valence electrons. The minimum Gasteiger partial charge on any atom is -0.458 e. The fourth-order valence-electron chi connectivity index (χ4n) is 10.7. The molecule has 12 aromatic rings. The van der Waals surface area contributed by atoms with E-state index in [1.54, 1.807) is 0 Å². The van der Waals surface area contributed by atoms with Crippen LogP contribution in [0.25, 0.3) is 88.4 Å². The summed E-state index contributed by atoms with van der Waals surface area (Å²) in [6.45, 7) is -0.161. The predicted molar refractivity (Wildman–Crippen MR) is 269 cm³/mol. The zero-order valence-electron chi connectivity index (χ0n) is 35.2. The van der Waals surface area contributed by atoms with Crippen LogP contribution in [0.1, 0.15) is 0 Å². The average Bonchev–Trinajstić information content (AvgIpc) is 3.86. The van der Waals surface area contributed by atoms with E-state index in [2.05, 4.69) is 234 Å². The van der Waals surface area contributed by atoms with Gasteiger partial charge in [-0.15, -0.1) is 0 Å². The van der Waals surface area contributed by atoms with Crippen LogP contribution < -0.4 is 25.9 Å². The van der Waals surface area contributed by atoms with Crippen molar-refractivity contribution in [2.75, 3.05) is 0 Å². The first-order valence-electron chi connectivity index (χ1n) is 22.3. The van der Waals surface area contributed by atoms with Crippen LogP contribution in [0.3, 0.4) is 0 Å². The number of fused-ring (bicyclic) bond motifs is 10. The summed E-state index contributed by atoms with van der Waals surface area (Å²) < 4.78 is 19.1. The lowest BCUT2D eigenvalue weighted by atomic mass is 9.34. The van der Waals surface area contributed by atoms with Crippen LogP contribution in [-0.4, -0.2) is 15.8 Å². The van der Waals surface area contributed by atoms with E-state index >= 15 is 0 Å². The van der Waals surface area contributed by atoms with Crippen molar-refractivity contribution in [2.24, 2.45) is 0 Å². The van der Waals surface area contributed by atoms with Gasteiger partial charge >= 0.3 is 0 Å². The molecule has 65 heavy (non-hydrogen) atoms. The highest BCUT2D eigenvalue weighted by Gasteiger charge is 2.42. The molecule has 0 unspecified atom stereocenters. The van der Waals surface area contributed by atoms with Crippen LogP contribution in [-0.2, 0) is 0 Å². The van der Waals surface area contributed by atoms with Crippen LogP contribution in [0.5, 0.6) is 23.0 Å². The van der Waals surface area contributed by atoms with Crippen molar-refractivity contribution in [2.45, 2.75) is 0 Å². The maximum atomic E-state index is 7.18. The normalized spacial score (nSPS) is 12.5. The van der Waals surface area contributed by atoms with Crippen LogP contribution in [0, 0.1) is 0 Å². The van der Waals surface area contributed by atoms with E-state index < -0.39 is 0 Å². The van der Waals surface area contributed by atoms with E-state index in [0.29, 0.717) is 0 Å². The first-order valence-corrected chi connectivity index (χ1v) is 22.3. The molecular weight excluding hydrogens is 791 g/mol. The molecule has 0 atom stereocenters. The molecule has 0 saturated heterocycles. The molecule has 4 nitrogen and oxygen atoms in total. The Bertz CT molecular complexity index is 3630. The lowest BCUT2D eigenvalue weighted by Gasteiger charge is -2.33. The standard InChI is InChI=1S/C60H37BN2O2/c1-6-16-38(17-7-1)41-26-28-52-46(30-41)48-34-50-56(36-54(48)62(52)44-22-12-4-13-23-44)64-58-32-43(40-20-10-3-11-21-40)33-59-60(58)61(50)51-35-49-47-31-42(39-18-8-2-9-19-39)27-29-53(47)63(45-24-14-5-15-25-45)55(49)37-57(51)65-59/h1-37H. The summed E-state index contributed by atoms with van der Waals surface area (Å²) >= 11 is 0. The molecule has 2 aliphatic rings. The summed E-state index contributed by atoms with van der Waals surface area (Å²) in [6, 6.07) is 80.7. The van der Waals surface area contributed by atoms with Gasteiger partial charge in [0.05, 0.1) is 22.1 Å². The van der Waals surface area contributed by atoms with Gasteiger partial charge in [0.2, 0.25) is 0 Å². The van der Waals surface area contributed by atoms with E-state index in [9.17, 15) is 0 Å². The Morgan fingerprint density at radius 1 is 0.277 bits per heavy atom. The number of rotatable bonds is 5. The van der Waals surface area contributed by atoms with Crippen molar-refractivity contribution in [3.05, 3.63) is 224 Å². The summed E-state index contributed by atoms with van der Waals surface area (Å²) in [5.74, 6) is 3.33. The highest BCUT2D eigenvalue weighted by Crippen LogP contribution is 2.44. The molecule has 2 aliphatic heterocycles. The third kappa shape index (κ3) is 5.52. The molecule has 4 heterocycles. The smallest absolute Gasteiger partial charge is 0.260 e. The number of para-hydroxylation sites is 2. The van der Waals surface area contributed by atoms with Gasteiger partial charge in [-0.05, 0) is 105 Å². The second-order valence-corrected chi connectivity index (χ2v) is 17.2. The van der Waals surface area contributed by atoms with Gasteiger partial charge in [-0.3, -0.25) is 0 Å². The van der Waals surface area contributed by atoms with Crippen molar-refractivity contribution in [1.82, 2.24) is 9.13 Å². The molecule has 0 radical (unpaired) electrons. The highest BCUT2D eigenvalue weighted by atomic mass is 16.5. The van der Waals surface area contributed by atoms with E-state index in [0.717, 1.165) is 84.0 Å². The number of benzene rings is 10. The zero-order chi connectivity index (χ0) is 42.6. The van der Waals surface area contributed by atoms with Crippen molar-refractivity contribution in [3.8, 4) is 67.8 Å². The number of aromatic nitrogens is 2. The van der Waals surface area contributed by atoms with E-state index in [1.807, 2.05) is 0 Å². The summed E-state index contributed by atoms with van der Waals surface area (Å²) in [4.78, 5) is 0. The van der Waals surface area contributed by atoms with Crippen LogP contribution >= 0.6 is 0 Å². The fraction of sp³-hybridized carbons (Fsp3) is 0. The van der Waals surface area contributed by atoms with E-state index in [4.69, 9.17) is 9.47 Å². The maximum Gasteiger partial charge on any atom is 0.260 e. The molecule has 0 amide bonds. The summed E-state index contributed by atoms with van der Waals surface area (Å²) in [5, 5.41) is 4.75. The number of nitrogens with zero attached hydrogens (tertiary/aromatic N) is 2. The summed E-state index contributed by atoms with van der Waals surface area (Å²) in [5.41, 5.74) is 16.9. The third-order valence-electron chi connectivity index (χ3n) is 13.6. The van der Waals surface area contributed by atoms with Crippen LogP contribution in [0.2, 0.25) is 0 Å². The topological polar surface area (TPSA) is 28.3 Å². The second kappa shape index (κ2) is 14.0. The van der Waals surface area contributed by atoms with Crippen molar-refractivity contribution in [1.29, 1.82) is 0 Å². The minimum atomic E-state index is -0.161. The predicted octanol–water partition coefficient (Wildman–Crippen LogP) is 13.6.